The van der Waals surface area contributed by atoms with E-state index in [4.69, 9.17) is 12.2 Å². The van der Waals surface area contributed by atoms with E-state index in [0.717, 1.165) is 5.56 Å². The molecule has 0 aliphatic heterocycles. The van der Waals surface area contributed by atoms with E-state index < -0.39 is 0 Å². The van der Waals surface area contributed by atoms with Gasteiger partial charge in [0.15, 0.2) is 0 Å². The average molecular weight is 216 g/mol. The zero-order valence-electron chi connectivity index (χ0n) is 9.39. The van der Waals surface area contributed by atoms with Crippen LogP contribution in [0.1, 0.15) is 18.0 Å². The van der Waals surface area contributed by atoms with Crippen LogP contribution in [0.25, 0.3) is 0 Å². The van der Waals surface area contributed by atoms with Crippen LogP contribution in [0, 0.1) is 12.3 Å². The Balaban J connectivity index is 2.56. The van der Waals surface area contributed by atoms with Gasteiger partial charge in [-0.3, -0.25) is 4.79 Å². The highest BCUT2D eigenvalue weighted by Gasteiger charge is 2.14. The van der Waals surface area contributed by atoms with E-state index in [1.54, 1.807) is 7.05 Å². The molecule has 0 bridgehead atoms. The van der Waals surface area contributed by atoms with Crippen molar-refractivity contribution in [1.29, 1.82) is 0 Å². The van der Waals surface area contributed by atoms with Gasteiger partial charge in [0, 0.05) is 19.5 Å². The molecule has 0 saturated carbocycles. The normalized spacial score (nSPS) is 11.6. The zero-order valence-corrected chi connectivity index (χ0v) is 9.39. The number of benzene rings is 1. The van der Waals surface area contributed by atoms with E-state index in [1.165, 1.54) is 4.90 Å². The van der Waals surface area contributed by atoms with Crippen molar-refractivity contribution >= 4 is 5.91 Å². The topological polar surface area (TPSA) is 46.3 Å². The second-order valence-corrected chi connectivity index (χ2v) is 3.68. The minimum atomic E-state index is -0.270. The second kappa shape index (κ2) is 5.94. The molecule has 1 aromatic rings. The molecule has 3 heteroatoms. The van der Waals surface area contributed by atoms with Gasteiger partial charge < -0.3 is 10.6 Å². The molecule has 0 radical (unpaired) electrons. The van der Waals surface area contributed by atoms with Crippen molar-refractivity contribution in [3.63, 3.8) is 0 Å². The summed E-state index contributed by atoms with van der Waals surface area (Å²) in [5, 5.41) is 0. The van der Waals surface area contributed by atoms with Crippen molar-refractivity contribution in [3.8, 4) is 12.3 Å². The summed E-state index contributed by atoms with van der Waals surface area (Å²) in [7, 11) is 1.68. The fraction of sp³-hybridized carbons (Fsp3) is 0.308. The predicted molar refractivity (Wildman–Crippen MR) is 64.5 cm³/mol. The third-order valence-electron chi connectivity index (χ3n) is 2.38. The number of nitrogens with zero attached hydrogens (tertiary/aromatic N) is 1. The lowest BCUT2D eigenvalue weighted by atomic mass is 10.0. The molecule has 1 atom stereocenters. The number of hydrogen-bond donors (Lipinski definition) is 1. The monoisotopic (exact) mass is 216 g/mol. The molecular formula is C13H16N2O. The maximum atomic E-state index is 11.7. The predicted octanol–water partition coefficient (Wildman–Crippen LogP) is 1.17. The van der Waals surface area contributed by atoms with Gasteiger partial charge in [-0.25, -0.2) is 0 Å². The van der Waals surface area contributed by atoms with Crippen molar-refractivity contribution in [2.75, 3.05) is 13.6 Å². The van der Waals surface area contributed by atoms with Gasteiger partial charge in [0.25, 0.3) is 0 Å². The van der Waals surface area contributed by atoms with Crippen LogP contribution in [0.3, 0.4) is 0 Å². The lowest BCUT2D eigenvalue weighted by Gasteiger charge is -2.17. The Bertz CT molecular complexity index is 381. The Kier molecular flexibility index (Phi) is 4.56. The van der Waals surface area contributed by atoms with Crippen molar-refractivity contribution < 1.29 is 4.79 Å². The minimum absolute atomic E-state index is 0.0331. The summed E-state index contributed by atoms with van der Waals surface area (Å²) in [6, 6.07) is 9.30. The molecule has 2 N–H and O–H groups in total. The van der Waals surface area contributed by atoms with E-state index >= 15 is 0 Å². The van der Waals surface area contributed by atoms with Crippen molar-refractivity contribution in [2.45, 2.75) is 12.5 Å². The number of amides is 1. The van der Waals surface area contributed by atoms with Gasteiger partial charge in [0.2, 0.25) is 5.91 Å². The summed E-state index contributed by atoms with van der Waals surface area (Å²) >= 11 is 0. The van der Waals surface area contributed by atoms with E-state index in [2.05, 4.69) is 5.92 Å². The smallest absolute Gasteiger partial charge is 0.225 e. The number of nitrogens with two attached hydrogens (primary N) is 1. The highest BCUT2D eigenvalue weighted by Crippen LogP contribution is 2.13. The number of carbonyl (C=O) groups excluding carboxylic acids is 1. The molecule has 1 unspecified atom stereocenters. The van der Waals surface area contributed by atoms with Gasteiger partial charge in [0.05, 0.1) is 6.54 Å². The maximum Gasteiger partial charge on any atom is 0.225 e. The van der Waals surface area contributed by atoms with Crippen LogP contribution in [0.5, 0.6) is 0 Å². The van der Waals surface area contributed by atoms with Gasteiger partial charge in [0.1, 0.15) is 0 Å². The second-order valence-electron chi connectivity index (χ2n) is 3.68. The molecule has 0 spiro atoms. The number of hydrogen-bond acceptors (Lipinski definition) is 2. The van der Waals surface area contributed by atoms with Gasteiger partial charge in [-0.1, -0.05) is 36.3 Å². The SMILES string of the molecule is C#CCN(C)C(=O)CC(N)c1ccccc1. The van der Waals surface area contributed by atoms with Crippen LogP contribution in [-0.2, 0) is 4.79 Å². The molecule has 3 nitrogen and oxygen atoms in total. The number of carbonyl (C=O) groups is 1. The average Bonchev–Trinajstić information content (AvgIpc) is 2.30. The van der Waals surface area contributed by atoms with Crippen molar-refractivity contribution in [3.05, 3.63) is 35.9 Å². The van der Waals surface area contributed by atoms with Gasteiger partial charge in [-0.05, 0) is 5.56 Å². The molecule has 0 aliphatic rings. The Morgan fingerprint density at radius 2 is 2.12 bits per heavy atom. The first-order valence-corrected chi connectivity index (χ1v) is 5.13. The molecule has 84 valence electrons. The summed E-state index contributed by atoms with van der Waals surface area (Å²) in [5.41, 5.74) is 6.89. The van der Waals surface area contributed by atoms with Crippen LogP contribution in [0.15, 0.2) is 30.3 Å². The molecule has 0 aromatic heterocycles. The lowest BCUT2D eigenvalue weighted by molar-refractivity contribution is -0.129. The summed E-state index contributed by atoms with van der Waals surface area (Å²) in [5.74, 6) is 2.39. The molecule has 1 aromatic carbocycles. The Morgan fingerprint density at radius 3 is 2.69 bits per heavy atom. The maximum absolute atomic E-state index is 11.7. The summed E-state index contributed by atoms with van der Waals surface area (Å²) in [6.07, 6.45) is 5.41. The summed E-state index contributed by atoms with van der Waals surface area (Å²) in [6.45, 7) is 0.320. The van der Waals surface area contributed by atoms with Crippen molar-refractivity contribution in [2.24, 2.45) is 5.73 Å². The summed E-state index contributed by atoms with van der Waals surface area (Å²) in [4.78, 5) is 13.2. The first-order valence-electron chi connectivity index (χ1n) is 5.13. The standard InChI is InChI=1S/C13H16N2O/c1-3-9-15(2)13(16)10-12(14)11-7-5-4-6-8-11/h1,4-8,12H,9-10,14H2,2H3. The van der Waals surface area contributed by atoms with Gasteiger partial charge in [-0.15, -0.1) is 6.42 Å². The van der Waals surface area contributed by atoms with Gasteiger partial charge in [-0.2, -0.15) is 0 Å². The largest absolute Gasteiger partial charge is 0.335 e. The quantitative estimate of drug-likeness (QED) is 0.768. The van der Waals surface area contributed by atoms with Crippen LogP contribution in [0.2, 0.25) is 0 Å². The Labute approximate surface area is 96.2 Å². The van der Waals surface area contributed by atoms with Crippen LogP contribution in [0.4, 0.5) is 0 Å². The Morgan fingerprint density at radius 1 is 1.50 bits per heavy atom. The lowest BCUT2D eigenvalue weighted by Crippen LogP contribution is -2.30. The highest BCUT2D eigenvalue weighted by atomic mass is 16.2. The molecular weight excluding hydrogens is 200 g/mol. The zero-order chi connectivity index (χ0) is 12.0. The Hall–Kier alpha value is -1.79. The van der Waals surface area contributed by atoms with Crippen LogP contribution >= 0.6 is 0 Å². The molecule has 0 saturated heterocycles. The molecule has 1 amide bonds. The number of terminal acetylenes is 1. The molecule has 16 heavy (non-hydrogen) atoms. The molecule has 0 aliphatic carbocycles. The van der Waals surface area contributed by atoms with E-state index in [1.807, 2.05) is 30.3 Å². The van der Waals surface area contributed by atoms with E-state index in [9.17, 15) is 4.79 Å². The van der Waals surface area contributed by atoms with Gasteiger partial charge >= 0.3 is 0 Å². The fourth-order valence-electron chi connectivity index (χ4n) is 1.39. The number of rotatable bonds is 4. The van der Waals surface area contributed by atoms with Crippen LogP contribution < -0.4 is 5.73 Å². The fourth-order valence-corrected chi connectivity index (χ4v) is 1.39. The first kappa shape index (κ1) is 12.3. The molecule has 1 rings (SSSR count). The third kappa shape index (κ3) is 3.41. The molecule has 0 fully saturated rings. The molecule has 0 heterocycles. The highest BCUT2D eigenvalue weighted by molar-refractivity contribution is 5.77. The van der Waals surface area contributed by atoms with Crippen LogP contribution in [-0.4, -0.2) is 24.4 Å². The van der Waals surface area contributed by atoms with E-state index in [0.29, 0.717) is 6.54 Å². The summed E-state index contributed by atoms with van der Waals surface area (Å²) < 4.78 is 0. The first-order chi connectivity index (χ1) is 7.65. The third-order valence-corrected chi connectivity index (χ3v) is 2.38. The minimum Gasteiger partial charge on any atom is -0.335 e. The van der Waals surface area contributed by atoms with Crippen molar-refractivity contribution in [1.82, 2.24) is 4.90 Å². The van der Waals surface area contributed by atoms with E-state index in [-0.39, 0.29) is 18.4 Å².